The second-order valence-electron chi connectivity index (χ2n) is 5.76. The Morgan fingerprint density at radius 1 is 0.864 bits per heavy atom. The summed E-state index contributed by atoms with van der Waals surface area (Å²) in [6.07, 6.45) is 0. The first-order chi connectivity index (χ1) is 10.8. The third-order valence-electron chi connectivity index (χ3n) is 4.19. The van der Waals surface area contributed by atoms with E-state index in [1.165, 1.54) is 21.9 Å². The molecule has 0 radical (unpaired) electrons. The Kier molecular flexibility index (Phi) is 4.52. The lowest BCUT2D eigenvalue weighted by atomic mass is 10.0. The van der Waals surface area contributed by atoms with Gasteiger partial charge < -0.3 is 5.73 Å². The number of nitrogens with two attached hydrogens (primary N) is 1. The molecule has 0 bridgehead atoms. The maximum absolute atomic E-state index is 6.06. The van der Waals surface area contributed by atoms with Crippen LogP contribution in [0.15, 0.2) is 72.8 Å². The molecule has 2 heteroatoms. The Morgan fingerprint density at radius 2 is 1.55 bits per heavy atom. The molecule has 1 atom stereocenters. The van der Waals surface area contributed by atoms with E-state index < -0.39 is 0 Å². The van der Waals surface area contributed by atoms with E-state index in [1.54, 1.807) is 0 Å². The van der Waals surface area contributed by atoms with Crippen molar-refractivity contribution >= 4 is 10.8 Å². The van der Waals surface area contributed by atoms with Crippen LogP contribution in [0.5, 0.6) is 0 Å². The van der Waals surface area contributed by atoms with Crippen molar-refractivity contribution in [3.05, 3.63) is 83.9 Å². The van der Waals surface area contributed by atoms with E-state index in [2.05, 4.69) is 78.7 Å². The Morgan fingerprint density at radius 3 is 2.27 bits per heavy atom. The molecule has 1 unspecified atom stereocenters. The summed E-state index contributed by atoms with van der Waals surface area (Å²) in [7, 11) is 2.14. The lowest BCUT2D eigenvalue weighted by molar-refractivity contribution is 0.242. The molecular formula is C20H22N2. The Labute approximate surface area is 132 Å². The van der Waals surface area contributed by atoms with Gasteiger partial charge in [0.15, 0.2) is 0 Å². The summed E-state index contributed by atoms with van der Waals surface area (Å²) in [5.41, 5.74) is 8.65. The Balaban J connectivity index is 1.85. The smallest absolute Gasteiger partial charge is 0.0471 e. The predicted molar refractivity (Wildman–Crippen MR) is 93.7 cm³/mol. The summed E-state index contributed by atoms with van der Waals surface area (Å²) in [5.74, 6) is 0. The molecule has 3 rings (SSSR count). The van der Waals surface area contributed by atoms with Gasteiger partial charge in [-0.05, 0) is 35.0 Å². The van der Waals surface area contributed by atoms with Gasteiger partial charge in [-0.1, -0.05) is 66.7 Å². The molecule has 112 valence electrons. The highest BCUT2D eigenvalue weighted by Crippen LogP contribution is 2.24. The highest BCUT2D eigenvalue weighted by Gasteiger charge is 2.16. The van der Waals surface area contributed by atoms with Crippen LogP contribution in [0.3, 0.4) is 0 Å². The van der Waals surface area contributed by atoms with E-state index in [0.29, 0.717) is 6.54 Å². The fraction of sp³-hybridized carbons (Fsp3) is 0.200. The lowest BCUT2D eigenvalue weighted by Gasteiger charge is -2.27. The average molecular weight is 290 g/mol. The van der Waals surface area contributed by atoms with Crippen molar-refractivity contribution in [1.29, 1.82) is 0 Å². The topological polar surface area (TPSA) is 29.3 Å². The molecule has 0 fully saturated rings. The molecule has 3 aromatic carbocycles. The third-order valence-corrected chi connectivity index (χ3v) is 4.19. The van der Waals surface area contributed by atoms with E-state index in [1.807, 2.05) is 6.07 Å². The highest BCUT2D eigenvalue weighted by atomic mass is 15.1. The van der Waals surface area contributed by atoms with Crippen molar-refractivity contribution in [2.24, 2.45) is 5.73 Å². The molecule has 0 aromatic heterocycles. The lowest BCUT2D eigenvalue weighted by Crippen LogP contribution is -2.30. The first-order valence-electron chi connectivity index (χ1n) is 7.71. The highest BCUT2D eigenvalue weighted by molar-refractivity contribution is 5.83. The van der Waals surface area contributed by atoms with Gasteiger partial charge in [0.1, 0.15) is 0 Å². The molecule has 0 saturated heterocycles. The predicted octanol–water partition coefficient (Wildman–Crippen LogP) is 3.97. The number of hydrogen-bond donors (Lipinski definition) is 1. The molecule has 0 aliphatic carbocycles. The van der Waals surface area contributed by atoms with Gasteiger partial charge in [-0.25, -0.2) is 0 Å². The summed E-state index contributed by atoms with van der Waals surface area (Å²) in [5, 5.41) is 2.54. The monoisotopic (exact) mass is 290 g/mol. The number of benzene rings is 3. The van der Waals surface area contributed by atoms with Gasteiger partial charge in [0.25, 0.3) is 0 Å². The van der Waals surface area contributed by atoms with Crippen molar-refractivity contribution in [1.82, 2.24) is 4.90 Å². The minimum absolute atomic E-state index is 0.227. The van der Waals surface area contributed by atoms with Gasteiger partial charge >= 0.3 is 0 Å². The molecule has 0 heterocycles. The molecule has 0 spiro atoms. The van der Waals surface area contributed by atoms with E-state index in [4.69, 9.17) is 5.73 Å². The molecule has 0 aliphatic rings. The van der Waals surface area contributed by atoms with Crippen LogP contribution in [0.25, 0.3) is 10.8 Å². The first kappa shape index (κ1) is 14.8. The standard InChI is InChI=1S/C20H22N2/c1-22(15-16-7-3-2-4-8-16)20(14-21)19-12-11-17-9-5-6-10-18(17)13-19/h2-13,20H,14-15,21H2,1H3. The fourth-order valence-corrected chi connectivity index (χ4v) is 2.97. The molecule has 22 heavy (non-hydrogen) atoms. The van der Waals surface area contributed by atoms with Gasteiger partial charge in [-0.3, -0.25) is 4.90 Å². The van der Waals surface area contributed by atoms with Crippen LogP contribution < -0.4 is 5.73 Å². The summed E-state index contributed by atoms with van der Waals surface area (Å²) >= 11 is 0. The van der Waals surface area contributed by atoms with E-state index >= 15 is 0 Å². The van der Waals surface area contributed by atoms with Crippen LogP contribution in [0.2, 0.25) is 0 Å². The number of fused-ring (bicyclic) bond motifs is 1. The van der Waals surface area contributed by atoms with Gasteiger partial charge in [0.2, 0.25) is 0 Å². The molecule has 0 amide bonds. The summed E-state index contributed by atoms with van der Waals surface area (Å²) in [6.45, 7) is 1.51. The number of rotatable bonds is 5. The summed E-state index contributed by atoms with van der Waals surface area (Å²) in [4.78, 5) is 2.32. The van der Waals surface area contributed by atoms with Crippen LogP contribution >= 0.6 is 0 Å². The SMILES string of the molecule is CN(Cc1ccccc1)C(CN)c1ccc2ccccc2c1. The van der Waals surface area contributed by atoms with Crippen molar-refractivity contribution in [2.75, 3.05) is 13.6 Å². The van der Waals surface area contributed by atoms with Crippen molar-refractivity contribution < 1.29 is 0 Å². The Hall–Kier alpha value is -2.16. The van der Waals surface area contributed by atoms with Crippen LogP contribution in [-0.2, 0) is 6.54 Å². The molecule has 0 aliphatic heterocycles. The van der Waals surface area contributed by atoms with Gasteiger partial charge in [0.05, 0.1) is 0 Å². The first-order valence-corrected chi connectivity index (χ1v) is 7.71. The molecule has 2 N–H and O–H groups in total. The van der Waals surface area contributed by atoms with Crippen LogP contribution in [0, 0.1) is 0 Å². The molecule has 2 nitrogen and oxygen atoms in total. The van der Waals surface area contributed by atoms with Gasteiger partial charge in [0, 0.05) is 19.1 Å². The second-order valence-corrected chi connectivity index (χ2v) is 5.76. The largest absolute Gasteiger partial charge is 0.329 e. The number of likely N-dealkylation sites (N-methyl/N-ethyl adjacent to an activating group) is 1. The van der Waals surface area contributed by atoms with Crippen molar-refractivity contribution in [3.8, 4) is 0 Å². The van der Waals surface area contributed by atoms with Crippen LogP contribution in [0.4, 0.5) is 0 Å². The van der Waals surface area contributed by atoms with Crippen molar-refractivity contribution in [3.63, 3.8) is 0 Å². The zero-order valence-electron chi connectivity index (χ0n) is 12.9. The van der Waals surface area contributed by atoms with Crippen LogP contribution in [0.1, 0.15) is 17.2 Å². The molecular weight excluding hydrogens is 268 g/mol. The maximum Gasteiger partial charge on any atom is 0.0471 e. The minimum Gasteiger partial charge on any atom is -0.329 e. The second kappa shape index (κ2) is 6.73. The summed E-state index contributed by atoms with van der Waals surface area (Å²) in [6, 6.07) is 25.8. The van der Waals surface area contributed by atoms with E-state index in [9.17, 15) is 0 Å². The zero-order valence-corrected chi connectivity index (χ0v) is 12.9. The molecule has 0 saturated carbocycles. The normalized spacial score (nSPS) is 12.7. The fourth-order valence-electron chi connectivity index (χ4n) is 2.97. The third kappa shape index (κ3) is 3.19. The van der Waals surface area contributed by atoms with Gasteiger partial charge in [-0.15, -0.1) is 0 Å². The molecule has 3 aromatic rings. The quantitative estimate of drug-likeness (QED) is 0.770. The van der Waals surface area contributed by atoms with Gasteiger partial charge in [-0.2, -0.15) is 0 Å². The van der Waals surface area contributed by atoms with Crippen molar-refractivity contribution in [2.45, 2.75) is 12.6 Å². The maximum atomic E-state index is 6.06. The van der Waals surface area contributed by atoms with E-state index in [0.717, 1.165) is 6.54 Å². The minimum atomic E-state index is 0.227. The summed E-state index contributed by atoms with van der Waals surface area (Å²) < 4.78 is 0. The number of hydrogen-bond acceptors (Lipinski definition) is 2. The van der Waals surface area contributed by atoms with E-state index in [-0.39, 0.29) is 6.04 Å². The Bertz CT molecular complexity index is 737. The average Bonchev–Trinajstić information content (AvgIpc) is 2.56. The number of nitrogens with zero attached hydrogens (tertiary/aromatic N) is 1. The van der Waals surface area contributed by atoms with Crippen LogP contribution in [-0.4, -0.2) is 18.5 Å². The zero-order chi connectivity index (χ0) is 15.4.